The van der Waals surface area contributed by atoms with Gasteiger partial charge in [0.1, 0.15) is 17.5 Å². The Morgan fingerprint density at radius 1 is 1.30 bits per heavy atom. The molecule has 3 amide bonds. The Hall–Kier alpha value is -3.66. The number of amides is 3. The number of nitrogens with one attached hydrogen (secondary N) is 4. The highest BCUT2D eigenvalue weighted by atomic mass is 35.5. The third-order valence-corrected chi connectivity index (χ3v) is 5.61. The summed E-state index contributed by atoms with van der Waals surface area (Å²) in [6.07, 6.45) is 5.71. The molecule has 1 aliphatic carbocycles. The summed E-state index contributed by atoms with van der Waals surface area (Å²) < 4.78 is 16.3. The monoisotopic (exact) mass is 471 g/mol. The summed E-state index contributed by atoms with van der Waals surface area (Å²) in [5.41, 5.74) is 3.23. The van der Waals surface area contributed by atoms with Crippen LogP contribution in [0, 0.1) is 19.7 Å². The summed E-state index contributed by atoms with van der Waals surface area (Å²) >= 11 is 6.20. The molecule has 2 heterocycles. The first kappa shape index (κ1) is 22.5. The highest BCUT2D eigenvalue weighted by molar-refractivity contribution is 6.31. The highest BCUT2D eigenvalue weighted by Crippen LogP contribution is 2.33. The van der Waals surface area contributed by atoms with Crippen molar-refractivity contribution in [2.45, 2.75) is 39.7 Å². The average Bonchev–Trinajstić information content (AvgIpc) is 3.49. The van der Waals surface area contributed by atoms with Crippen molar-refractivity contribution < 1.29 is 14.0 Å². The summed E-state index contributed by atoms with van der Waals surface area (Å²) in [5.74, 6) is 0.751. The molecule has 0 saturated heterocycles. The van der Waals surface area contributed by atoms with Gasteiger partial charge < -0.3 is 16.0 Å². The van der Waals surface area contributed by atoms with E-state index in [9.17, 15) is 14.0 Å². The van der Waals surface area contributed by atoms with E-state index in [4.69, 9.17) is 16.6 Å². The van der Waals surface area contributed by atoms with Crippen molar-refractivity contribution in [3.8, 4) is 0 Å². The van der Waals surface area contributed by atoms with E-state index in [0.29, 0.717) is 45.8 Å². The molecule has 11 heteroatoms. The lowest BCUT2D eigenvalue weighted by Crippen LogP contribution is -2.33. The number of nitrogens with zero attached hydrogens (tertiary/aromatic N) is 3. The predicted octanol–water partition coefficient (Wildman–Crippen LogP) is 4.27. The maximum Gasteiger partial charge on any atom is 0.325 e. The second-order valence-corrected chi connectivity index (χ2v) is 8.35. The van der Waals surface area contributed by atoms with Gasteiger partial charge in [0.25, 0.3) is 0 Å². The molecule has 0 atom stereocenters. The first-order chi connectivity index (χ1) is 15.8. The molecule has 4 rings (SSSR count). The van der Waals surface area contributed by atoms with Gasteiger partial charge in [0.15, 0.2) is 5.65 Å². The van der Waals surface area contributed by atoms with Crippen LogP contribution in [0.4, 0.5) is 26.5 Å². The van der Waals surface area contributed by atoms with Gasteiger partial charge in [-0.1, -0.05) is 11.6 Å². The molecular formula is C22H23ClFN7O2. The molecule has 9 nitrogen and oxygen atoms in total. The molecule has 2 aromatic heterocycles. The Bertz CT molecular complexity index is 1280. The van der Waals surface area contributed by atoms with Crippen LogP contribution in [-0.4, -0.2) is 33.1 Å². The van der Waals surface area contributed by atoms with Crippen LogP contribution in [0.1, 0.15) is 36.5 Å². The molecule has 172 valence electrons. The molecule has 0 aliphatic heterocycles. The van der Waals surface area contributed by atoms with Crippen LogP contribution in [0.15, 0.2) is 24.0 Å². The van der Waals surface area contributed by atoms with Crippen LogP contribution in [0.5, 0.6) is 0 Å². The molecule has 1 aliphatic rings. The minimum atomic E-state index is -0.649. The van der Waals surface area contributed by atoms with Crippen LogP contribution in [0.3, 0.4) is 0 Å². The molecule has 4 N–H and O–H groups in total. The summed E-state index contributed by atoms with van der Waals surface area (Å²) in [7, 11) is 0. The number of hydrogen-bond acceptors (Lipinski definition) is 6. The van der Waals surface area contributed by atoms with Crippen molar-refractivity contribution in [2.24, 2.45) is 0 Å². The smallest absolute Gasteiger partial charge is 0.325 e. The molecule has 0 bridgehead atoms. The van der Waals surface area contributed by atoms with Crippen molar-refractivity contribution in [1.82, 2.24) is 25.2 Å². The van der Waals surface area contributed by atoms with Crippen LogP contribution >= 0.6 is 11.6 Å². The molecule has 3 aromatic rings. The zero-order valence-corrected chi connectivity index (χ0v) is 19.0. The molecule has 1 saturated carbocycles. The van der Waals surface area contributed by atoms with Crippen LogP contribution < -0.4 is 21.3 Å². The molecule has 0 spiro atoms. The number of urea groups is 1. The Labute approximate surface area is 194 Å². The number of carbonyl (C=O) groups excluding carboxylic acids is 2. The van der Waals surface area contributed by atoms with Crippen LogP contribution in [0.25, 0.3) is 11.7 Å². The minimum Gasteiger partial charge on any atom is -0.367 e. The lowest BCUT2D eigenvalue weighted by atomic mass is 10.2. The van der Waals surface area contributed by atoms with Crippen molar-refractivity contribution in [3.05, 3.63) is 51.6 Å². The van der Waals surface area contributed by atoms with E-state index in [0.717, 1.165) is 24.2 Å². The topological polar surface area (TPSA) is 112 Å². The number of carbonyl (C=O) groups is 2. The number of rotatable bonds is 7. The number of hydrogen-bond donors (Lipinski definition) is 4. The number of halogens is 2. The van der Waals surface area contributed by atoms with E-state index >= 15 is 0 Å². The molecule has 1 fully saturated rings. The summed E-state index contributed by atoms with van der Waals surface area (Å²) in [6, 6.07) is 2.59. The van der Waals surface area contributed by atoms with Gasteiger partial charge in [-0.3, -0.25) is 10.1 Å². The number of imide groups is 1. The average molecular weight is 472 g/mol. The third kappa shape index (κ3) is 4.90. The summed E-state index contributed by atoms with van der Waals surface area (Å²) in [6.45, 7) is 5.29. The van der Waals surface area contributed by atoms with Crippen molar-refractivity contribution in [2.75, 3.05) is 10.6 Å². The third-order valence-electron chi connectivity index (χ3n) is 5.20. The number of fused-ring (bicyclic) bond motifs is 1. The van der Waals surface area contributed by atoms with E-state index in [2.05, 4.69) is 21.0 Å². The highest BCUT2D eigenvalue weighted by Gasteiger charge is 2.25. The first-order valence-corrected chi connectivity index (χ1v) is 10.7. The summed E-state index contributed by atoms with van der Waals surface area (Å²) in [4.78, 5) is 26.7. The number of aromatic nitrogens is 3. The second kappa shape index (κ2) is 9.07. The SMILES string of the molecule is C/C(=C/c1cnn2c(NC3CC3)c(C)c(Nc3cc(Cl)c(C)cc3F)nc12)NC(=O)NC=O. The second-order valence-electron chi connectivity index (χ2n) is 7.94. The quantitative estimate of drug-likeness (QED) is 0.383. The Kier molecular flexibility index (Phi) is 6.19. The number of allylic oxidation sites excluding steroid dienone is 1. The lowest BCUT2D eigenvalue weighted by molar-refractivity contribution is -0.108. The molecule has 0 radical (unpaired) electrons. The Balaban J connectivity index is 1.78. The van der Waals surface area contributed by atoms with Crippen molar-refractivity contribution >= 4 is 53.1 Å². The van der Waals surface area contributed by atoms with Gasteiger partial charge in [-0.05, 0) is 57.4 Å². The Morgan fingerprint density at radius 3 is 2.76 bits per heavy atom. The molecule has 0 unspecified atom stereocenters. The van der Waals surface area contributed by atoms with E-state index in [1.165, 1.54) is 12.1 Å². The normalized spacial score (nSPS) is 13.7. The van der Waals surface area contributed by atoms with E-state index in [1.807, 2.05) is 12.2 Å². The van der Waals surface area contributed by atoms with Gasteiger partial charge in [-0.15, -0.1) is 0 Å². The first-order valence-electron chi connectivity index (χ1n) is 10.3. The van der Waals surface area contributed by atoms with E-state index < -0.39 is 11.8 Å². The van der Waals surface area contributed by atoms with Gasteiger partial charge >= 0.3 is 6.03 Å². The van der Waals surface area contributed by atoms with Crippen molar-refractivity contribution in [3.63, 3.8) is 0 Å². The largest absolute Gasteiger partial charge is 0.367 e. The molecule has 33 heavy (non-hydrogen) atoms. The maximum atomic E-state index is 14.6. The number of anilines is 3. The summed E-state index contributed by atoms with van der Waals surface area (Å²) in [5, 5.41) is 16.0. The van der Waals surface area contributed by atoms with Crippen LogP contribution in [0.2, 0.25) is 5.02 Å². The standard InChI is InChI=1S/C22H23ClFN7O2/c1-11-6-17(24)18(8-16(11)23)29-19-13(3)20(28-15-4-5-15)31-21(30-19)14(9-26-31)7-12(2)27-22(33)25-10-32/h6-10,15,28H,4-5H2,1-3H3,(H,29,30)(H2,25,27,32,33)/b12-7-. The zero-order valence-electron chi connectivity index (χ0n) is 18.3. The molecule has 1 aromatic carbocycles. The van der Waals surface area contributed by atoms with E-state index in [-0.39, 0.29) is 5.69 Å². The van der Waals surface area contributed by atoms with Gasteiger partial charge in [-0.2, -0.15) is 9.61 Å². The fourth-order valence-electron chi connectivity index (χ4n) is 3.31. The Morgan fingerprint density at radius 2 is 2.06 bits per heavy atom. The number of aryl methyl sites for hydroxylation is 1. The van der Waals surface area contributed by atoms with E-state index in [1.54, 1.807) is 30.6 Å². The predicted molar refractivity (Wildman–Crippen MR) is 125 cm³/mol. The fraction of sp³-hybridized carbons (Fsp3) is 0.273. The fourth-order valence-corrected chi connectivity index (χ4v) is 3.48. The van der Waals surface area contributed by atoms with Gasteiger partial charge in [-0.25, -0.2) is 14.2 Å². The number of benzene rings is 1. The van der Waals surface area contributed by atoms with Gasteiger partial charge in [0.2, 0.25) is 6.41 Å². The lowest BCUT2D eigenvalue weighted by Gasteiger charge is -2.16. The zero-order chi connectivity index (χ0) is 23.7. The minimum absolute atomic E-state index is 0.211. The van der Waals surface area contributed by atoms with Crippen LogP contribution in [-0.2, 0) is 4.79 Å². The molecular weight excluding hydrogens is 449 g/mol. The van der Waals surface area contributed by atoms with Crippen molar-refractivity contribution in [1.29, 1.82) is 0 Å². The maximum absolute atomic E-state index is 14.6. The van der Waals surface area contributed by atoms with Gasteiger partial charge in [0, 0.05) is 27.9 Å². The van der Waals surface area contributed by atoms with Gasteiger partial charge in [0.05, 0.1) is 11.9 Å².